The van der Waals surface area contributed by atoms with E-state index in [2.05, 4.69) is 10.1 Å². The standard InChI is InChI=1S/C20H19N3O3S/c1-25-16-7-5-15(6-8-16)23-12-14(11-18(23)24)20-21-19(22-26-20)13-3-9-17(27-2)10-4-13/h3-10,14H,11-12H2,1-2H3. The fourth-order valence-corrected chi connectivity index (χ4v) is 3.55. The van der Waals surface area contributed by atoms with Crippen LogP contribution < -0.4 is 9.64 Å². The molecule has 0 spiro atoms. The number of thioether (sulfide) groups is 1. The Labute approximate surface area is 161 Å². The molecule has 4 rings (SSSR count). The summed E-state index contributed by atoms with van der Waals surface area (Å²) in [7, 11) is 1.62. The fourth-order valence-electron chi connectivity index (χ4n) is 3.14. The van der Waals surface area contributed by atoms with E-state index in [1.807, 2.05) is 54.8 Å². The van der Waals surface area contributed by atoms with Crippen LogP contribution in [0.2, 0.25) is 0 Å². The van der Waals surface area contributed by atoms with Gasteiger partial charge in [0.1, 0.15) is 5.75 Å². The first-order valence-electron chi connectivity index (χ1n) is 8.60. The van der Waals surface area contributed by atoms with E-state index in [1.54, 1.807) is 23.8 Å². The molecular formula is C20H19N3O3S. The van der Waals surface area contributed by atoms with Crippen LogP contribution in [0.4, 0.5) is 5.69 Å². The molecular weight excluding hydrogens is 362 g/mol. The van der Waals surface area contributed by atoms with Crippen LogP contribution in [-0.4, -0.2) is 36.0 Å². The minimum Gasteiger partial charge on any atom is -0.497 e. The third-order valence-corrected chi connectivity index (χ3v) is 5.39. The molecule has 1 amide bonds. The van der Waals surface area contributed by atoms with Crippen molar-refractivity contribution in [3.63, 3.8) is 0 Å². The highest BCUT2D eigenvalue weighted by Gasteiger charge is 2.35. The van der Waals surface area contributed by atoms with Gasteiger partial charge >= 0.3 is 0 Å². The number of carbonyl (C=O) groups excluding carboxylic acids is 1. The molecule has 6 nitrogen and oxygen atoms in total. The monoisotopic (exact) mass is 381 g/mol. The predicted octanol–water partition coefficient (Wildman–Crippen LogP) is 3.99. The number of nitrogens with zero attached hydrogens (tertiary/aromatic N) is 3. The number of amides is 1. The minimum absolute atomic E-state index is 0.0502. The molecule has 0 N–H and O–H groups in total. The van der Waals surface area contributed by atoms with Crippen molar-refractivity contribution in [2.24, 2.45) is 0 Å². The van der Waals surface area contributed by atoms with Gasteiger partial charge in [-0.1, -0.05) is 5.16 Å². The molecule has 138 valence electrons. The predicted molar refractivity (Wildman–Crippen MR) is 104 cm³/mol. The second-order valence-corrected chi connectivity index (χ2v) is 7.17. The molecule has 1 aliphatic heterocycles. The smallest absolute Gasteiger partial charge is 0.232 e. The van der Waals surface area contributed by atoms with Crippen molar-refractivity contribution in [3.05, 3.63) is 54.4 Å². The lowest BCUT2D eigenvalue weighted by molar-refractivity contribution is -0.117. The molecule has 1 aromatic heterocycles. The average molecular weight is 381 g/mol. The molecule has 3 aromatic rings. The largest absolute Gasteiger partial charge is 0.497 e. The van der Waals surface area contributed by atoms with Crippen LogP contribution in [0.1, 0.15) is 18.2 Å². The van der Waals surface area contributed by atoms with E-state index in [0.29, 0.717) is 24.7 Å². The molecule has 1 aliphatic rings. The van der Waals surface area contributed by atoms with Crippen molar-refractivity contribution >= 4 is 23.4 Å². The number of rotatable bonds is 5. The zero-order valence-electron chi connectivity index (χ0n) is 15.1. The maximum absolute atomic E-state index is 12.5. The first kappa shape index (κ1) is 17.6. The first-order valence-corrected chi connectivity index (χ1v) is 9.83. The Bertz CT molecular complexity index is 938. The van der Waals surface area contributed by atoms with E-state index in [4.69, 9.17) is 9.26 Å². The molecule has 0 radical (unpaired) electrons. The quantitative estimate of drug-likeness (QED) is 0.623. The highest BCUT2D eigenvalue weighted by atomic mass is 32.2. The van der Waals surface area contributed by atoms with Crippen molar-refractivity contribution in [2.45, 2.75) is 17.2 Å². The first-order chi connectivity index (χ1) is 13.2. The van der Waals surface area contributed by atoms with Crippen molar-refractivity contribution in [1.82, 2.24) is 10.1 Å². The third kappa shape index (κ3) is 3.55. The van der Waals surface area contributed by atoms with Crippen LogP contribution in [-0.2, 0) is 4.79 Å². The molecule has 1 unspecified atom stereocenters. The van der Waals surface area contributed by atoms with Crippen LogP contribution in [0.15, 0.2) is 57.9 Å². The number of aromatic nitrogens is 2. The second-order valence-electron chi connectivity index (χ2n) is 6.29. The highest BCUT2D eigenvalue weighted by Crippen LogP contribution is 2.32. The van der Waals surface area contributed by atoms with Crippen molar-refractivity contribution < 1.29 is 14.1 Å². The van der Waals surface area contributed by atoms with Crippen LogP contribution in [0.25, 0.3) is 11.4 Å². The lowest BCUT2D eigenvalue weighted by atomic mass is 10.1. The molecule has 0 saturated carbocycles. The summed E-state index contributed by atoms with van der Waals surface area (Å²) in [6.07, 6.45) is 2.40. The lowest BCUT2D eigenvalue weighted by Crippen LogP contribution is -2.24. The van der Waals surface area contributed by atoms with E-state index >= 15 is 0 Å². The van der Waals surface area contributed by atoms with E-state index in [9.17, 15) is 4.79 Å². The van der Waals surface area contributed by atoms with Gasteiger partial charge in [0.25, 0.3) is 0 Å². The van der Waals surface area contributed by atoms with Crippen molar-refractivity contribution in [2.75, 3.05) is 24.8 Å². The summed E-state index contributed by atoms with van der Waals surface area (Å²) < 4.78 is 10.6. The highest BCUT2D eigenvalue weighted by molar-refractivity contribution is 7.98. The van der Waals surface area contributed by atoms with E-state index in [1.165, 1.54) is 4.90 Å². The van der Waals surface area contributed by atoms with Crippen molar-refractivity contribution in [1.29, 1.82) is 0 Å². The maximum Gasteiger partial charge on any atom is 0.232 e. The molecule has 27 heavy (non-hydrogen) atoms. The number of carbonyl (C=O) groups is 1. The summed E-state index contributed by atoms with van der Waals surface area (Å²) in [4.78, 5) is 19.9. The minimum atomic E-state index is -0.105. The topological polar surface area (TPSA) is 68.5 Å². The van der Waals surface area contributed by atoms with Crippen molar-refractivity contribution in [3.8, 4) is 17.1 Å². The van der Waals surface area contributed by atoms with Gasteiger partial charge in [-0.2, -0.15) is 4.98 Å². The molecule has 1 fully saturated rings. The van der Waals surface area contributed by atoms with Gasteiger partial charge < -0.3 is 14.2 Å². The Morgan fingerprint density at radius 3 is 2.56 bits per heavy atom. The summed E-state index contributed by atoms with van der Waals surface area (Å²) in [5.41, 5.74) is 1.75. The van der Waals surface area contributed by atoms with Crippen LogP contribution >= 0.6 is 11.8 Å². The van der Waals surface area contributed by atoms with Crippen LogP contribution in [0.5, 0.6) is 5.75 Å². The number of anilines is 1. The van der Waals surface area contributed by atoms with E-state index < -0.39 is 0 Å². The van der Waals surface area contributed by atoms with Gasteiger partial charge in [0.15, 0.2) is 0 Å². The molecule has 1 atom stereocenters. The zero-order valence-corrected chi connectivity index (χ0v) is 15.9. The number of hydrogen-bond donors (Lipinski definition) is 0. The summed E-state index contributed by atoms with van der Waals surface area (Å²) >= 11 is 1.68. The Morgan fingerprint density at radius 2 is 1.89 bits per heavy atom. The third-order valence-electron chi connectivity index (χ3n) is 4.65. The molecule has 2 aromatic carbocycles. The molecule has 1 saturated heterocycles. The Balaban J connectivity index is 1.51. The SMILES string of the molecule is COc1ccc(N2CC(c3nc(-c4ccc(SC)cc4)no3)CC2=O)cc1. The Morgan fingerprint density at radius 1 is 1.15 bits per heavy atom. The summed E-state index contributed by atoms with van der Waals surface area (Å²) in [5, 5.41) is 4.09. The van der Waals surface area contributed by atoms with Crippen LogP contribution in [0, 0.1) is 0 Å². The number of hydrogen-bond acceptors (Lipinski definition) is 6. The fraction of sp³-hybridized carbons (Fsp3) is 0.250. The average Bonchev–Trinajstić information content (AvgIpc) is 3.35. The van der Waals surface area contributed by atoms with Gasteiger partial charge in [-0.05, 0) is 54.8 Å². The second kappa shape index (κ2) is 7.44. The molecule has 2 heterocycles. The molecule has 0 aliphatic carbocycles. The number of benzene rings is 2. The summed E-state index contributed by atoms with van der Waals surface area (Å²) in [6, 6.07) is 15.5. The van der Waals surface area contributed by atoms with Gasteiger partial charge in [0.05, 0.1) is 13.0 Å². The van der Waals surface area contributed by atoms with Gasteiger partial charge in [0, 0.05) is 29.1 Å². The van der Waals surface area contributed by atoms with Gasteiger partial charge in [-0.15, -0.1) is 11.8 Å². The van der Waals surface area contributed by atoms with Crippen LogP contribution in [0.3, 0.4) is 0 Å². The normalized spacial score (nSPS) is 16.7. The van der Waals surface area contributed by atoms with Gasteiger partial charge in [-0.3, -0.25) is 4.79 Å². The maximum atomic E-state index is 12.5. The molecule has 7 heteroatoms. The molecule has 0 bridgehead atoms. The van der Waals surface area contributed by atoms with Gasteiger partial charge in [-0.25, -0.2) is 0 Å². The summed E-state index contributed by atoms with van der Waals surface area (Å²) in [6.45, 7) is 0.526. The Hall–Kier alpha value is -2.80. The number of methoxy groups -OCH3 is 1. The summed E-state index contributed by atoms with van der Waals surface area (Å²) in [5.74, 6) is 1.76. The van der Waals surface area contributed by atoms with E-state index in [-0.39, 0.29) is 11.8 Å². The van der Waals surface area contributed by atoms with Gasteiger partial charge in [0.2, 0.25) is 17.6 Å². The van der Waals surface area contributed by atoms with E-state index in [0.717, 1.165) is 17.0 Å². The lowest BCUT2D eigenvalue weighted by Gasteiger charge is -2.16. The zero-order chi connectivity index (χ0) is 18.8. The Kier molecular flexibility index (Phi) is 4.85. The number of ether oxygens (including phenoxy) is 1.